The number of methoxy groups -OCH3 is 1. The van der Waals surface area contributed by atoms with Gasteiger partial charge in [0.05, 0.1) is 33.0 Å². The van der Waals surface area contributed by atoms with E-state index >= 15 is 0 Å². The molecule has 2 aromatic rings. The van der Waals surface area contributed by atoms with E-state index < -0.39 is 29.9 Å². The third-order valence-corrected chi connectivity index (χ3v) is 7.90. The zero-order chi connectivity index (χ0) is 34.5. The van der Waals surface area contributed by atoms with Crippen molar-refractivity contribution in [1.29, 1.82) is 0 Å². The summed E-state index contributed by atoms with van der Waals surface area (Å²) in [5, 5.41) is 8.35. The number of ether oxygens (including phenoxy) is 5. The van der Waals surface area contributed by atoms with Gasteiger partial charge in [0.15, 0.2) is 0 Å². The van der Waals surface area contributed by atoms with Gasteiger partial charge in [-0.2, -0.15) is 0 Å². The van der Waals surface area contributed by atoms with E-state index in [0.29, 0.717) is 19.8 Å². The van der Waals surface area contributed by atoms with Crippen LogP contribution in [-0.2, 0) is 33.3 Å². The van der Waals surface area contributed by atoms with Gasteiger partial charge in [-0.3, -0.25) is 14.5 Å². The molecule has 2 unspecified atom stereocenters. The first-order valence-electron chi connectivity index (χ1n) is 16.4. The minimum atomic E-state index is -0.833. The number of alkyl carbamates (subject to hydrolysis) is 1. The van der Waals surface area contributed by atoms with Gasteiger partial charge in [0, 0.05) is 45.1 Å². The maximum absolute atomic E-state index is 13.5. The Bertz CT molecular complexity index is 1350. The van der Waals surface area contributed by atoms with Crippen LogP contribution >= 0.6 is 0 Å². The van der Waals surface area contributed by atoms with Gasteiger partial charge in [0.25, 0.3) is 0 Å². The van der Waals surface area contributed by atoms with Gasteiger partial charge in [-0.05, 0) is 49.4 Å². The lowest BCUT2D eigenvalue weighted by atomic mass is 9.98. The van der Waals surface area contributed by atoms with Gasteiger partial charge in [-0.1, -0.05) is 48.5 Å². The molecule has 48 heavy (non-hydrogen) atoms. The first-order valence-corrected chi connectivity index (χ1v) is 16.4. The molecule has 1 aliphatic carbocycles. The van der Waals surface area contributed by atoms with E-state index in [-0.39, 0.29) is 70.0 Å². The molecule has 1 fully saturated rings. The van der Waals surface area contributed by atoms with Crippen LogP contribution in [0.4, 0.5) is 9.59 Å². The second-order valence-corrected chi connectivity index (χ2v) is 12.7. The summed E-state index contributed by atoms with van der Waals surface area (Å²) in [4.78, 5) is 52.6. The number of benzene rings is 2. The van der Waals surface area contributed by atoms with Crippen molar-refractivity contribution >= 4 is 24.0 Å². The van der Waals surface area contributed by atoms with E-state index in [9.17, 15) is 19.2 Å². The number of fused-ring (bicyclic) bond motifs is 3. The van der Waals surface area contributed by atoms with Crippen LogP contribution in [0.2, 0.25) is 0 Å². The molecule has 1 heterocycles. The number of hydrogen-bond donors (Lipinski definition) is 3. The summed E-state index contributed by atoms with van der Waals surface area (Å²) in [7, 11) is 1.58. The van der Waals surface area contributed by atoms with Crippen molar-refractivity contribution in [3.63, 3.8) is 0 Å². The number of carbonyl (C=O) groups is 4. The predicted molar refractivity (Wildman–Crippen MR) is 177 cm³/mol. The average molecular weight is 669 g/mol. The van der Waals surface area contributed by atoms with Crippen molar-refractivity contribution in [2.24, 2.45) is 0 Å². The van der Waals surface area contributed by atoms with Crippen LogP contribution in [-0.4, -0.2) is 113 Å². The first kappa shape index (κ1) is 36.6. The summed E-state index contributed by atoms with van der Waals surface area (Å²) in [5.74, 6) is -0.757. The normalized spacial score (nSPS) is 17.0. The summed E-state index contributed by atoms with van der Waals surface area (Å²) < 4.78 is 26.9. The number of amides is 4. The zero-order valence-corrected chi connectivity index (χ0v) is 28.3. The molecule has 3 N–H and O–H groups in total. The summed E-state index contributed by atoms with van der Waals surface area (Å²) in [5.41, 5.74) is 3.81. The van der Waals surface area contributed by atoms with Gasteiger partial charge in [0.1, 0.15) is 18.2 Å². The summed E-state index contributed by atoms with van der Waals surface area (Å²) in [6.07, 6.45) is -0.856. The minimum Gasteiger partial charge on any atom is -0.448 e. The Morgan fingerprint density at radius 1 is 0.833 bits per heavy atom. The van der Waals surface area contributed by atoms with Gasteiger partial charge in [-0.25, -0.2) is 9.59 Å². The summed E-state index contributed by atoms with van der Waals surface area (Å²) in [6.45, 7) is 7.54. The van der Waals surface area contributed by atoms with Crippen LogP contribution in [0.5, 0.6) is 0 Å². The summed E-state index contributed by atoms with van der Waals surface area (Å²) >= 11 is 0. The molecule has 1 saturated heterocycles. The molecule has 1 aliphatic heterocycles. The second-order valence-electron chi connectivity index (χ2n) is 12.7. The zero-order valence-electron chi connectivity index (χ0n) is 28.3. The smallest absolute Gasteiger partial charge is 0.410 e. The van der Waals surface area contributed by atoms with Crippen molar-refractivity contribution in [2.75, 3.05) is 66.4 Å². The number of nitrogens with one attached hydrogen (secondary N) is 3. The van der Waals surface area contributed by atoms with Gasteiger partial charge >= 0.3 is 12.2 Å². The number of nitrogens with zero attached hydrogens (tertiary/aromatic N) is 1. The molecule has 4 rings (SSSR count). The molecule has 0 radical (unpaired) electrons. The Balaban J connectivity index is 1.29. The van der Waals surface area contributed by atoms with Gasteiger partial charge in [0.2, 0.25) is 11.8 Å². The van der Waals surface area contributed by atoms with Crippen molar-refractivity contribution in [3.8, 4) is 11.1 Å². The van der Waals surface area contributed by atoms with Crippen LogP contribution < -0.4 is 16.0 Å². The largest absolute Gasteiger partial charge is 0.448 e. The Kier molecular flexibility index (Phi) is 13.6. The molecule has 0 spiro atoms. The Hall–Kier alpha value is -4.20. The molecule has 2 atom stereocenters. The maximum atomic E-state index is 13.5. The van der Waals surface area contributed by atoms with Crippen LogP contribution in [0.25, 0.3) is 11.1 Å². The van der Waals surface area contributed by atoms with E-state index in [1.807, 2.05) is 36.4 Å². The number of carbonyl (C=O) groups excluding carboxylic acids is 4. The van der Waals surface area contributed by atoms with E-state index in [1.165, 1.54) is 4.90 Å². The third-order valence-electron chi connectivity index (χ3n) is 7.90. The third kappa shape index (κ3) is 10.7. The minimum absolute atomic E-state index is 0.0730. The van der Waals surface area contributed by atoms with Gasteiger partial charge < -0.3 is 39.6 Å². The van der Waals surface area contributed by atoms with Gasteiger partial charge in [-0.15, -0.1) is 0 Å². The SMILES string of the molecule is COCCOCCNC(=O)C1CC(NC(=O)CCOCCNC(=O)OC(C)(C)C)CN1C(=O)OCC1c2ccccc2-c2ccccc21. The number of rotatable bonds is 16. The van der Waals surface area contributed by atoms with Crippen molar-refractivity contribution in [2.45, 2.75) is 57.2 Å². The van der Waals surface area contributed by atoms with Crippen molar-refractivity contribution in [1.82, 2.24) is 20.9 Å². The fourth-order valence-electron chi connectivity index (χ4n) is 5.78. The number of hydrogen-bond acceptors (Lipinski definition) is 9. The standard InChI is InChI=1S/C35H48N4O9/c1-35(2,3)48-33(42)37-15-18-45-16-13-31(40)38-24-21-30(32(41)36-14-17-46-20-19-44-4)39(22-24)34(43)47-23-29-27-11-7-5-9-25(27)26-10-6-8-12-28(26)29/h5-12,24,29-30H,13-23H2,1-4H3,(H,36,41)(H,37,42)(H,38,40). The van der Waals surface area contributed by atoms with Crippen LogP contribution in [0.3, 0.4) is 0 Å². The fraction of sp³-hybridized carbons (Fsp3) is 0.543. The van der Waals surface area contributed by atoms with Crippen molar-refractivity contribution in [3.05, 3.63) is 59.7 Å². The molecule has 2 aromatic carbocycles. The quantitative estimate of drug-likeness (QED) is 0.229. The highest BCUT2D eigenvalue weighted by Gasteiger charge is 2.41. The highest BCUT2D eigenvalue weighted by Crippen LogP contribution is 2.44. The van der Waals surface area contributed by atoms with E-state index in [2.05, 4.69) is 28.1 Å². The van der Waals surface area contributed by atoms with E-state index in [4.69, 9.17) is 23.7 Å². The van der Waals surface area contributed by atoms with E-state index in [1.54, 1.807) is 27.9 Å². The monoisotopic (exact) mass is 668 g/mol. The predicted octanol–water partition coefficient (Wildman–Crippen LogP) is 3.21. The molecule has 13 heteroatoms. The molecule has 262 valence electrons. The Morgan fingerprint density at radius 3 is 2.10 bits per heavy atom. The first-order chi connectivity index (χ1) is 23.1. The fourth-order valence-corrected chi connectivity index (χ4v) is 5.78. The lowest BCUT2D eigenvalue weighted by molar-refractivity contribution is -0.125. The Morgan fingerprint density at radius 2 is 1.46 bits per heavy atom. The lowest BCUT2D eigenvalue weighted by Crippen LogP contribution is -2.47. The number of likely N-dealkylation sites (tertiary alicyclic amines) is 1. The molecule has 0 aromatic heterocycles. The maximum Gasteiger partial charge on any atom is 0.410 e. The molecular weight excluding hydrogens is 620 g/mol. The van der Waals surface area contributed by atoms with Crippen LogP contribution in [0, 0.1) is 0 Å². The molecule has 0 saturated carbocycles. The molecular formula is C35H48N4O9. The second kappa shape index (κ2) is 17.8. The van der Waals surface area contributed by atoms with Crippen LogP contribution in [0.15, 0.2) is 48.5 Å². The topological polar surface area (TPSA) is 154 Å². The summed E-state index contributed by atoms with van der Waals surface area (Å²) in [6, 6.07) is 14.8. The highest BCUT2D eigenvalue weighted by molar-refractivity contribution is 5.87. The molecule has 4 amide bonds. The van der Waals surface area contributed by atoms with E-state index in [0.717, 1.165) is 22.3 Å². The lowest BCUT2D eigenvalue weighted by Gasteiger charge is -2.24. The highest BCUT2D eigenvalue weighted by atomic mass is 16.6. The molecule has 0 bridgehead atoms. The molecule has 13 nitrogen and oxygen atoms in total. The van der Waals surface area contributed by atoms with Crippen molar-refractivity contribution < 1.29 is 42.9 Å². The molecule has 2 aliphatic rings. The Labute approximate surface area is 281 Å². The average Bonchev–Trinajstić information content (AvgIpc) is 3.61. The van der Waals surface area contributed by atoms with Crippen LogP contribution in [0.1, 0.15) is 50.7 Å².